The number of hydrazone groups is 1. The maximum atomic E-state index is 12.0. The first-order valence-electron chi connectivity index (χ1n) is 6.01. The zero-order valence-corrected chi connectivity index (χ0v) is 10.2. The van der Waals surface area contributed by atoms with Crippen molar-refractivity contribution in [2.45, 2.75) is 38.0 Å². The minimum Gasteiger partial charge on any atom is -0.451 e. The summed E-state index contributed by atoms with van der Waals surface area (Å²) < 4.78 is 45.3. The molecule has 8 heteroatoms. The molecule has 1 atom stereocenters. The maximum Gasteiger partial charge on any atom is 0.522 e. The van der Waals surface area contributed by atoms with E-state index in [9.17, 15) is 13.2 Å². The van der Waals surface area contributed by atoms with Gasteiger partial charge in [0.05, 0.1) is 6.10 Å². The molecule has 1 unspecified atom stereocenters. The molecule has 0 amide bonds. The summed E-state index contributed by atoms with van der Waals surface area (Å²) in [5.41, 5.74) is 8.83. The van der Waals surface area contributed by atoms with Crippen LogP contribution in [0.3, 0.4) is 0 Å². The van der Waals surface area contributed by atoms with E-state index in [0.29, 0.717) is 37.3 Å². The predicted molar refractivity (Wildman–Crippen MR) is 61.9 cm³/mol. The van der Waals surface area contributed by atoms with Crippen LogP contribution in [-0.2, 0) is 9.47 Å². The van der Waals surface area contributed by atoms with E-state index < -0.39 is 18.7 Å². The van der Waals surface area contributed by atoms with Crippen molar-refractivity contribution in [1.29, 1.82) is 0 Å². The van der Waals surface area contributed by atoms with Crippen molar-refractivity contribution in [2.24, 2.45) is 16.8 Å². The van der Waals surface area contributed by atoms with Crippen LogP contribution in [0.4, 0.5) is 13.2 Å². The van der Waals surface area contributed by atoms with Gasteiger partial charge in [0.25, 0.3) is 0 Å². The van der Waals surface area contributed by atoms with Gasteiger partial charge in [-0.2, -0.15) is 0 Å². The van der Waals surface area contributed by atoms with E-state index in [0.717, 1.165) is 0 Å². The lowest BCUT2D eigenvalue weighted by Gasteiger charge is -2.37. The molecule has 2 aliphatic rings. The van der Waals surface area contributed by atoms with Gasteiger partial charge in [-0.25, -0.2) is 0 Å². The van der Waals surface area contributed by atoms with Crippen LogP contribution in [0.2, 0.25) is 0 Å². The molecule has 1 saturated carbocycles. The smallest absolute Gasteiger partial charge is 0.451 e. The van der Waals surface area contributed by atoms with Crippen LogP contribution in [0.5, 0.6) is 0 Å². The van der Waals surface area contributed by atoms with Gasteiger partial charge in [0.15, 0.2) is 6.23 Å². The summed E-state index contributed by atoms with van der Waals surface area (Å²) in [5.74, 6) is 0.343. The van der Waals surface area contributed by atoms with Gasteiger partial charge in [-0.15, -0.1) is 18.3 Å². The van der Waals surface area contributed by atoms with Crippen molar-refractivity contribution >= 4 is 5.90 Å². The molecule has 0 bridgehead atoms. The van der Waals surface area contributed by atoms with Gasteiger partial charge < -0.3 is 10.5 Å². The molecule has 0 spiro atoms. The summed E-state index contributed by atoms with van der Waals surface area (Å²) in [7, 11) is 0. The lowest BCUT2D eigenvalue weighted by molar-refractivity contribution is -0.356. The Morgan fingerprint density at radius 1 is 1.53 bits per heavy atom. The highest BCUT2D eigenvalue weighted by Crippen LogP contribution is 2.37. The maximum absolute atomic E-state index is 12.0. The Kier molecular flexibility index (Phi) is 4.00. The summed E-state index contributed by atoms with van der Waals surface area (Å²) in [5, 5.41) is 3.96. The molecule has 0 aromatic heterocycles. The molecule has 0 radical (unpaired) electrons. The Bertz CT molecular complexity index is 378. The first kappa shape index (κ1) is 14.1. The monoisotopic (exact) mass is 279 g/mol. The number of ether oxygens (including phenoxy) is 2. The fourth-order valence-electron chi connectivity index (χ4n) is 2.08. The summed E-state index contributed by atoms with van der Waals surface area (Å²) in [6.45, 7) is 4.22. The molecule has 5 nitrogen and oxygen atoms in total. The summed E-state index contributed by atoms with van der Waals surface area (Å²) in [6, 6.07) is 0. The van der Waals surface area contributed by atoms with Gasteiger partial charge in [0, 0.05) is 11.5 Å². The lowest BCUT2D eigenvalue weighted by Crippen LogP contribution is -2.45. The van der Waals surface area contributed by atoms with Crippen molar-refractivity contribution in [3.8, 4) is 0 Å². The van der Waals surface area contributed by atoms with Crippen molar-refractivity contribution in [3.05, 3.63) is 12.2 Å². The molecule has 1 heterocycles. The third-order valence-electron chi connectivity index (χ3n) is 3.14. The van der Waals surface area contributed by atoms with E-state index >= 15 is 0 Å². The molecule has 0 saturated heterocycles. The third-order valence-corrected chi connectivity index (χ3v) is 3.14. The Labute approximate surface area is 108 Å². The second-order valence-corrected chi connectivity index (χ2v) is 4.64. The first-order chi connectivity index (χ1) is 8.89. The predicted octanol–water partition coefficient (Wildman–Crippen LogP) is 1.47. The number of nitrogens with zero attached hydrogens (tertiary/aromatic N) is 1. The van der Waals surface area contributed by atoms with E-state index in [1.54, 1.807) is 0 Å². The summed E-state index contributed by atoms with van der Waals surface area (Å²) in [6.07, 6.45) is -4.61. The number of alkyl halides is 3. The third kappa shape index (κ3) is 3.60. The van der Waals surface area contributed by atoms with Gasteiger partial charge in [-0.05, 0) is 25.8 Å². The van der Waals surface area contributed by atoms with E-state index in [2.05, 4.69) is 21.8 Å². The fraction of sp³-hybridized carbons (Fsp3) is 0.727. The number of rotatable bonds is 5. The Hall–Kier alpha value is -1.28. The van der Waals surface area contributed by atoms with Crippen LogP contribution in [0, 0.1) is 5.92 Å². The number of nitrogens with two attached hydrogens (primary N) is 1. The fourth-order valence-corrected chi connectivity index (χ4v) is 2.08. The number of halogens is 3. The van der Waals surface area contributed by atoms with Crippen LogP contribution in [0.25, 0.3) is 0 Å². The first-order valence-corrected chi connectivity index (χ1v) is 6.01. The second kappa shape index (κ2) is 5.38. The summed E-state index contributed by atoms with van der Waals surface area (Å²) in [4.78, 5) is 0. The Morgan fingerprint density at radius 3 is 2.79 bits per heavy atom. The topological polar surface area (TPSA) is 68.9 Å². The van der Waals surface area contributed by atoms with Crippen LogP contribution in [-0.4, -0.2) is 31.1 Å². The molecule has 0 aromatic carbocycles. The molecule has 1 aliphatic carbocycles. The number of hydrogen-bond donors (Lipinski definition) is 2. The SMILES string of the molecule is C=C(CCN)C1=NNC(C2CC(OC(F)(F)F)C2)O1. The zero-order chi connectivity index (χ0) is 14.0. The van der Waals surface area contributed by atoms with Crippen LogP contribution < -0.4 is 11.2 Å². The molecule has 3 N–H and O–H groups in total. The van der Waals surface area contributed by atoms with Crippen LogP contribution in [0.15, 0.2) is 17.3 Å². The van der Waals surface area contributed by atoms with Crippen molar-refractivity contribution < 1.29 is 22.6 Å². The van der Waals surface area contributed by atoms with Gasteiger partial charge in [-0.3, -0.25) is 10.2 Å². The van der Waals surface area contributed by atoms with Crippen LogP contribution >= 0.6 is 0 Å². The number of nitrogens with one attached hydrogen (secondary N) is 1. The second-order valence-electron chi connectivity index (χ2n) is 4.64. The average molecular weight is 279 g/mol. The standard InChI is InChI=1S/C11H16F3N3O2/c1-6(2-3-15)9-16-17-10(18-9)7-4-8(5-7)19-11(12,13)14/h7-8,10,17H,1-5,15H2. The lowest BCUT2D eigenvalue weighted by atomic mass is 9.81. The van der Waals surface area contributed by atoms with Crippen molar-refractivity contribution in [3.63, 3.8) is 0 Å². The molecule has 1 aliphatic heterocycles. The Balaban J connectivity index is 1.72. The quantitative estimate of drug-likeness (QED) is 0.799. The molecule has 2 rings (SSSR count). The molecular formula is C11H16F3N3O2. The minimum absolute atomic E-state index is 0.0423. The zero-order valence-electron chi connectivity index (χ0n) is 10.2. The normalized spacial score (nSPS) is 30.1. The molecule has 1 fully saturated rings. The molecule has 0 aromatic rings. The molecule has 19 heavy (non-hydrogen) atoms. The van der Waals surface area contributed by atoms with Crippen molar-refractivity contribution in [2.75, 3.05) is 6.54 Å². The van der Waals surface area contributed by atoms with Gasteiger partial charge in [-0.1, -0.05) is 6.58 Å². The van der Waals surface area contributed by atoms with E-state index in [1.165, 1.54) is 0 Å². The average Bonchev–Trinajstić information content (AvgIpc) is 2.70. The largest absolute Gasteiger partial charge is 0.522 e. The van der Waals surface area contributed by atoms with E-state index in [-0.39, 0.29) is 5.92 Å². The highest BCUT2D eigenvalue weighted by Gasteiger charge is 2.44. The van der Waals surface area contributed by atoms with E-state index in [4.69, 9.17) is 10.5 Å². The van der Waals surface area contributed by atoms with Crippen LogP contribution in [0.1, 0.15) is 19.3 Å². The minimum atomic E-state index is -4.57. The van der Waals surface area contributed by atoms with Gasteiger partial charge in [0.2, 0.25) is 5.90 Å². The highest BCUT2D eigenvalue weighted by atomic mass is 19.4. The van der Waals surface area contributed by atoms with Gasteiger partial charge in [0.1, 0.15) is 0 Å². The highest BCUT2D eigenvalue weighted by molar-refractivity contribution is 5.93. The van der Waals surface area contributed by atoms with E-state index in [1.807, 2.05) is 0 Å². The summed E-state index contributed by atoms with van der Waals surface area (Å²) >= 11 is 0. The Morgan fingerprint density at radius 2 is 2.21 bits per heavy atom. The molecule has 108 valence electrons. The molecular weight excluding hydrogens is 263 g/mol. The van der Waals surface area contributed by atoms with Gasteiger partial charge >= 0.3 is 6.36 Å². The number of hydrogen-bond acceptors (Lipinski definition) is 5. The van der Waals surface area contributed by atoms with Crippen molar-refractivity contribution in [1.82, 2.24) is 5.43 Å².